The molecule has 3 aromatic rings. The van der Waals surface area contributed by atoms with Gasteiger partial charge in [-0.15, -0.1) is 0 Å². The fraction of sp³-hybridized carbons (Fsp3) is 0.167. The Morgan fingerprint density at radius 2 is 1.41 bits per heavy atom. The van der Waals surface area contributed by atoms with E-state index >= 15 is 0 Å². The molecule has 0 aliphatic heterocycles. The molecule has 2 amide bonds. The van der Waals surface area contributed by atoms with Gasteiger partial charge in [-0.1, -0.05) is 41.4 Å². The second-order valence-corrected chi connectivity index (χ2v) is 7.62. The lowest BCUT2D eigenvalue weighted by atomic mass is 10.1. The van der Waals surface area contributed by atoms with Crippen molar-refractivity contribution in [1.82, 2.24) is 10.6 Å². The largest absolute Gasteiger partial charge is 0.493 e. The van der Waals surface area contributed by atoms with E-state index in [1.807, 2.05) is 6.92 Å². The molecule has 166 valence electrons. The first kappa shape index (κ1) is 23.4. The van der Waals surface area contributed by atoms with Crippen molar-refractivity contribution in [3.05, 3.63) is 93.5 Å². The summed E-state index contributed by atoms with van der Waals surface area (Å²) in [4.78, 5) is 25.8. The quantitative estimate of drug-likeness (QED) is 0.438. The van der Waals surface area contributed by atoms with Crippen molar-refractivity contribution in [2.75, 3.05) is 13.7 Å². The first-order valence-corrected chi connectivity index (χ1v) is 10.6. The van der Waals surface area contributed by atoms with Crippen LogP contribution in [0.1, 0.15) is 39.4 Å². The van der Waals surface area contributed by atoms with Crippen LogP contribution in [0, 0.1) is 0 Å². The fourth-order valence-corrected chi connectivity index (χ4v) is 3.41. The third kappa shape index (κ3) is 5.93. The van der Waals surface area contributed by atoms with E-state index in [1.165, 1.54) is 7.11 Å². The number of ether oxygens (including phenoxy) is 2. The molecule has 0 saturated carbocycles. The minimum Gasteiger partial charge on any atom is -0.493 e. The molecular weight excluding hydrogens is 451 g/mol. The number of benzene rings is 3. The second-order valence-electron chi connectivity index (χ2n) is 6.74. The zero-order valence-electron chi connectivity index (χ0n) is 17.5. The number of carbonyl (C=O) groups is 2. The van der Waals surface area contributed by atoms with Gasteiger partial charge in [-0.05, 0) is 61.0 Å². The molecule has 0 saturated heterocycles. The molecule has 0 aromatic heterocycles. The number of carbonyl (C=O) groups excluding carboxylic acids is 2. The summed E-state index contributed by atoms with van der Waals surface area (Å²) in [5.41, 5.74) is 1.32. The minimum absolute atomic E-state index is 0.359. The predicted molar refractivity (Wildman–Crippen MR) is 125 cm³/mol. The lowest BCUT2D eigenvalue weighted by molar-refractivity contribution is 0.0883. The van der Waals surface area contributed by atoms with Crippen LogP contribution in [-0.4, -0.2) is 25.5 Å². The van der Waals surface area contributed by atoms with Gasteiger partial charge in [0.05, 0.1) is 13.7 Å². The molecule has 32 heavy (non-hydrogen) atoms. The van der Waals surface area contributed by atoms with E-state index in [4.69, 9.17) is 32.7 Å². The molecule has 8 heteroatoms. The zero-order chi connectivity index (χ0) is 23.1. The number of halogens is 2. The summed E-state index contributed by atoms with van der Waals surface area (Å²) < 4.78 is 11.0. The summed E-state index contributed by atoms with van der Waals surface area (Å²) in [5.74, 6) is 0.221. The van der Waals surface area contributed by atoms with Crippen LogP contribution < -0.4 is 20.1 Å². The van der Waals surface area contributed by atoms with E-state index < -0.39 is 18.0 Å². The monoisotopic (exact) mass is 472 g/mol. The van der Waals surface area contributed by atoms with Gasteiger partial charge in [0.1, 0.15) is 6.17 Å². The summed E-state index contributed by atoms with van der Waals surface area (Å²) >= 11 is 12.0. The average Bonchev–Trinajstić information content (AvgIpc) is 2.78. The van der Waals surface area contributed by atoms with E-state index in [0.29, 0.717) is 44.8 Å². The molecular formula is C24H22Cl2N2O4. The molecule has 0 spiro atoms. The number of methoxy groups -OCH3 is 1. The summed E-state index contributed by atoms with van der Waals surface area (Å²) in [6, 6.07) is 18.2. The smallest absolute Gasteiger partial charge is 0.253 e. The molecule has 0 aliphatic carbocycles. The third-order valence-electron chi connectivity index (χ3n) is 4.55. The van der Waals surface area contributed by atoms with Gasteiger partial charge >= 0.3 is 0 Å². The van der Waals surface area contributed by atoms with Crippen LogP contribution in [-0.2, 0) is 0 Å². The van der Waals surface area contributed by atoms with Crippen LogP contribution >= 0.6 is 23.2 Å². The van der Waals surface area contributed by atoms with Gasteiger partial charge in [0.25, 0.3) is 11.8 Å². The first-order chi connectivity index (χ1) is 15.4. The molecule has 0 heterocycles. The maximum absolute atomic E-state index is 12.9. The van der Waals surface area contributed by atoms with Gasteiger partial charge in [-0.3, -0.25) is 9.59 Å². The molecule has 2 N–H and O–H groups in total. The SMILES string of the molecule is CCOc1cc(C(NC(=O)c2cccc(Cl)c2)NC(=O)c2cccc(Cl)c2)ccc1OC. The Kier molecular flexibility index (Phi) is 7.98. The van der Waals surface area contributed by atoms with Crippen LogP contribution in [0.5, 0.6) is 11.5 Å². The van der Waals surface area contributed by atoms with Crippen molar-refractivity contribution in [3.8, 4) is 11.5 Å². The molecule has 0 atom stereocenters. The standard InChI is InChI=1S/C24H22Cl2N2O4/c1-3-32-21-14-15(10-11-20(21)31-2)22(27-23(29)16-6-4-8-18(25)12-16)28-24(30)17-7-5-9-19(26)13-17/h4-14,22H,3H2,1-2H3,(H,27,29)(H,28,30). The highest BCUT2D eigenvalue weighted by Gasteiger charge is 2.21. The summed E-state index contributed by atoms with van der Waals surface area (Å²) in [7, 11) is 1.54. The molecule has 0 aliphatic rings. The molecule has 6 nitrogen and oxygen atoms in total. The van der Waals surface area contributed by atoms with Crippen LogP contribution in [0.3, 0.4) is 0 Å². The van der Waals surface area contributed by atoms with E-state index in [0.717, 1.165) is 0 Å². The highest BCUT2D eigenvalue weighted by molar-refractivity contribution is 6.31. The van der Waals surface area contributed by atoms with Gasteiger partial charge in [-0.2, -0.15) is 0 Å². The van der Waals surface area contributed by atoms with Crippen molar-refractivity contribution in [1.29, 1.82) is 0 Å². The number of amides is 2. The van der Waals surface area contributed by atoms with Crippen molar-refractivity contribution in [2.24, 2.45) is 0 Å². The zero-order valence-corrected chi connectivity index (χ0v) is 19.0. The van der Waals surface area contributed by atoms with Crippen molar-refractivity contribution in [2.45, 2.75) is 13.1 Å². The normalized spacial score (nSPS) is 10.5. The van der Waals surface area contributed by atoms with Gasteiger partial charge in [-0.25, -0.2) is 0 Å². The Bertz CT molecular complexity index is 1060. The first-order valence-electron chi connectivity index (χ1n) is 9.85. The van der Waals surface area contributed by atoms with Crippen LogP contribution in [0.2, 0.25) is 10.0 Å². The molecule has 0 bridgehead atoms. The molecule has 0 unspecified atom stereocenters. The highest BCUT2D eigenvalue weighted by Crippen LogP contribution is 2.30. The summed E-state index contributed by atoms with van der Waals surface area (Å²) in [6.45, 7) is 2.28. The predicted octanol–water partition coefficient (Wildman–Crippen LogP) is 5.26. The average molecular weight is 473 g/mol. The van der Waals surface area contributed by atoms with Crippen LogP contribution in [0.15, 0.2) is 66.7 Å². The lowest BCUT2D eigenvalue weighted by Gasteiger charge is -2.22. The number of rotatable bonds is 8. The van der Waals surface area contributed by atoms with Crippen LogP contribution in [0.25, 0.3) is 0 Å². The Balaban J connectivity index is 1.94. The van der Waals surface area contributed by atoms with Crippen LogP contribution in [0.4, 0.5) is 0 Å². The molecule has 0 radical (unpaired) electrons. The lowest BCUT2D eigenvalue weighted by Crippen LogP contribution is -2.41. The van der Waals surface area contributed by atoms with Crippen molar-refractivity contribution in [3.63, 3.8) is 0 Å². The van der Waals surface area contributed by atoms with Gasteiger partial charge in [0.2, 0.25) is 0 Å². The summed E-state index contributed by atoms with van der Waals surface area (Å²) in [5, 5.41) is 6.54. The second kappa shape index (κ2) is 10.9. The fourth-order valence-electron chi connectivity index (χ4n) is 3.03. The van der Waals surface area contributed by atoms with Crippen molar-refractivity contribution >= 4 is 35.0 Å². The Labute approximate surface area is 196 Å². The Hall–Kier alpha value is -3.22. The molecule has 3 aromatic carbocycles. The third-order valence-corrected chi connectivity index (χ3v) is 5.02. The summed E-state index contributed by atoms with van der Waals surface area (Å²) in [6.07, 6.45) is -0.863. The number of hydrogen-bond acceptors (Lipinski definition) is 4. The maximum atomic E-state index is 12.9. The molecule has 0 fully saturated rings. The van der Waals surface area contributed by atoms with E-state index in [1.54, 1.807) is 66.7 Å². The topological polar surface area (TPSA) is 76.7 Å². The number of hydrogen-bond donors (Lipinski definition) is 2. The van der Waals surface area contributed by atoms with E-state index in [-0.39, 0.29) is 0 Å². The van der Waals surface area contributed by atoms with Gasteiger partial charge in [0, 0.05) is 21.2 Å². The van der Waals surface area contributed by atoms with E-state index in [2.05, 4.69) is 10.6 Å². The number of nitrogens with one attached hydrogen (secondary N) is 2. The Morgan fingerprint density at radius 1 is 0.844 bits per heavy atom. The minimum atomic E-state index is -0.863. The van der Waals surface area contributed by atoms with Gasteiger partial charge < -0.3 is 20.1 Å². The maximum Gasteiger partial charge on any atom is 0.253 e. The van der Waals surface area contributed by atoms with Gasteiger partial charge in [0.15, 0.2) is 11.5 Å². The Morgan fingerprint density at radius 3 is 1.88 bits per heavy atom. The highest BCUT2D eigenvalue weighted by atomic mass is 35.5. The van der Waals surface area contributed by atoms with E-state index in [9.17, 15) is 9.59 Å². The van der Waals surface area contributed by atoms with Crippen molar-refractivity contribution < 1.29 is 19.1 Å². The molecule has 3 rings (SSSR count).